The van der Waals surface area contributed by atoms with Crippen molar-refractivity contribution >= 4 is 16.4 Å². The first-order valence-corrected chi connectivity index (χ1v) is 12.2. The molecule has 80 valence electrons. The van der Waals surface area contributed by atoms with Crippen LogP contribution < -0.4 is 0 Å². The third kappa shape index (κ3) is 8.72. The van der Waals surface area contributed by atoms with E-state index in [1.807, 2.05) is 0 Å². The fourth-order valence-electron chi connectivity index (χ4n) is 2.14. The fraction of sp³-hybridized carbons (Fsp3) is 1.00. The molecular weight excluding hydrogens is 192 g/mol. The molecule has 0 aromatic carbocycles. The molecule has 0 aromatic heterocycles. The minimum atomic E-state index is -1.37. The highest BCUT2D eigenvalue weighted by atomic mass is 28.4. The van der Waals surface area contributed by atoms with Crippen LogP contribution in [0.15, 0.2) is 0 Å². The van der Waals surface area contributed by atoms with Gasteiger partial charge in [-0.3, -0.25) is 0 Å². The van der Waals surface area contributed by atoms with Crippen LogP contribution in [0.5, 0.6) is 0 Å². The molecule has 0 N–H and O–H groups in total. The Morgan fingerprint density at radius 1 is 0.923 bits per heavy atom. The summed E-state index contributed by atoms with van der Waals surface area (Å²) in [6.45, 7) is 18.5. The summed E-state index contributed by atoms with van der Waals surface area (Å²) >= 11 is 0. The molecule has 0 rings (SSSR count). The lowest BCUT2D eigenvalue weighted by molar-refractivity contribution is 0.121. The van der Waals surface area contributed by atoms with Gasteiger partial charge in [-0.2, -0.15) is 0 Å². The minimum Gasteiger partial charge on any atom is -0.413 e. The van der Waals surface area contributed by atoms with E-state index in [0.29, 0.717) is 0 Å². The maximum atomic E-state index is 6.17. The molecule has 0 saturated carbocycles. The number of hydrogen-bond acceptors (Lipinski definition) is 1. The first kappa shape index (κ1) is 13.4. The normalized spacial score (nSPS) is 14.8. The van der Waals surface area contributed by atoms with Crippen LogP contribution in [0.1, 0.15) is 13.8 Å². The van der Waals surface area contributed by atoms with Gasteiger partial charge in [0.2, 0.25) is 0 Å². The smallest absolute Gasteiger partial charge is 0.184 e. The monoisotopic (exact) mass is 218 g/mol. The van der Waals surface area contributed by atoms with Crippen molar-refractivity contribution in [2.75, 3.05) is 0 Å². The molecule has 0 radical (unpaired) electrons. The van der Waals surface area contributed by atoms with Crippen molar-refractivity contribution in [1.82, 2.24) is 0 Å². The summed E-state index contributed by atoms with van der Waals surface area (Å²) in [5.41, 5.74) is 0.0922. The molecule has 0 aliphatic rings. The Morgan fingerprint density at radius 2 is 1.31 bits per heavy atom. The number of rotatable bonds is 4. The standard InChI is InChI=1S/C10H26OSi2/c1-10(2,9-12(3,4)5)11-13(6,7)8/h9H2,1-8H3. The van der Waals surface area contributed by atoms with Crippen molar-refractivity contribution in [1.29, 1.82) is 0 Å². The predicted molar refractivity (Wildman–Crippen MR) is 66.7 cm³/mol. The second kappa shape index (κ2) is 3.87. The highest BCUT2D eigenvalue weighted by molar-refractivity contribution is 6.76. The lowest BCUT2D eigenvalue weighted by atomic mass is 10.2. The van der Waals surface area contributed by atoms with Gasteiger partial charge in [-0.05, 0) is 39.5 Å². The van der Waals surface area contributed by atoms with Gasteiger partial charge >= 0.3 is 0 Å². The van der Waals surface area contributed by atoms with Gasteiger partial charge in [0.05, 0.1) is 0 Å². The van der Waals surface area contributed by atoms with E-state index < -0.39 is 16.4 Å². The van der Waals surface area contributed by atoms with E-state index in [4.69, 9.17) is 4.43 Å². The summed E-state index contributed by atoms with van der Waals surface area (Å²) in [6, 6.07) is 1.25. The van der Waals surface area contributed by atoms with Gasteiger partial charge < -0.3 is 4.43 Å². The molecule has 0 fully saturated rings. The van der Waals surface area contributed by atoms with Crippen LogP contribution in [0.4, 0.5) is 0 Å². The number of hydrogen-bond donors (Lipinski definition) is 0. The van der Waals surface area contributed by atoms with Crippen LogP contribution in [0.3, 0.4) is 0 Å². The summed E-state index contributed by atoms with van der Waals surface area (Å²) in [7, 11) is -2.37. The Kier molecular flexibility index (Phi) is 3.99. The zero-order chi connectivity index (χ0) is 10.9. The molecule has 0 spiro atoms. The molecule has 0 saturated heterocycles. The van der Waals surface area contributed by atoms with E-state index in [9.17, 15) is 0 Å². The largest absolute Gasteiger partial charge is 0.413 e. The van der Waals surface area contributed by atoms with E-state index in [-0.39, 0.29) is 5.60 Å². The third-order valence-electron chi connectivity index (χ3n) is 1.54. The minimum absolute atomic E-state index is 0.0922. The molecule has 0 amide bonds. The molecular formula is C10H26OSi2. The fourth-order valence-corrected chi connectivity index (χ4v) is 6.64. The van der Waals surface area contributed by atoms with Crippen molar-refractivity contribution in [2.45, 2.75) is 64.8 Å². The topological polar surface area (TPSA) is 9.23 Å². The van der Waals surface area contributed by atoms with Gasteiger partial charge in [-0.15, -0.1) is 0 Å². The van der Waals surface area contributed by atoms with Crippen LogP contribution in [-0.2, 0) is 4.43 Å². The van der Waals surface area contributed by atoms with Crippen LogP contribution in [-0.4, -0.2) is 22.0 Å². The zero-order valence-corrected chi connectivity index (χ0v) is 12.6. The van der Waals surface area contributed by atoms with Crippen molar-refractivity contribution in [2.24, 2.45) is 0 Å². The summed E-state index contributed by atoms with van der Waals surface area (Å²) < 4.78 is 6.17. The Hall–Kier alpha value is 0.394. The first-order valence-electron chi connectivity index (χ1n) is 5.12. The Bertz CT molecular complexity index is 145. The van der Waals surface area contributed by atoms with Crippen molar-refractivity contribution in [3.63, 3.8) is 0 Å². The van der Waals surface area contributed by atoms with Crippen LogP contribution in [0.25, 0.3) is 0 Å². The SMILES string of the molecule is CC(C)(C[Si](C)(C)C)O[Si](C)(C)C. The van der Waals surface area contributed by atoms with E-state index in [2.05, 4.69) is 53.1 Å². The average molecular weight is 218 g/mol. The second-order valence-corrected chi connectivity index (χ2v) is 16.6. The van der Waals surface area contributed by atoms with Crippen LogP contribution >= 0.6 is 0 Å². The third-order valence-corrected chi connectivity index (χ3v) is 4.62. The van der Waals surface area contributed by atoms with Crippen molar-refractivity contribution in [3.8, 4) is 0 Å². The van der Waals surface area contributed by atoms with Crippen LogP contribution in [0.2, 0.25) is 45.3 Å². The maximum Gasteiger partial charge on any atom is 0.184 e. The van der Waals surface area contributed by atoms with Gasteiger partial charge in [-0.1, -0.05) is 19.6 Å². The maximum absolute atomic E-state index is 6.17. The molecule has 13 heavy (non-hydrogen) atoms. The van der Waals surface area contributed by atoms with Crippen molar-refractivity contribution < 1.29 is 4.43 Å². The average Bonchev–Trinajstić information content (AvgIpc) is 1.43. The van der Waals surface area contributed by atoms with Gasteiger partial charge in [0.15, 0.2) is 8.32 Å². The summed E-state index contributed by atoms with van der Waals surface area (Å²) in [5.74, 6) is 0. The summed E-state index contributed by atoms with van der Waals surface area (Å²) in [4.78, 5) is 0. The Balaban J connectivity index is 4.25. The molecule has 3 heteroatoms. The Morgan fingerprint density at radius 3 is 1.54 bits per heavy atom. The Labute approximate surface area is 86.0 Å². The van der Waals surface area contributed by atoms with Gasteiger partial charge in [0.1, 0.15) is 0 Å². The lowest BCUT2D eigenvalue weighted by Gasteiger charge is -2.37. The highest BCUT2D eigenvalue weighted by Gasteiger charge is 2.31. The first-order chi connectivity index (χ1) is 5.41. The van der Waals surface area contributed by atoms with Gasteiger partial charge in [0.25, 0.3) is 0 Å². The van der Waals surface area contributed by atoms with E-state index in [1.165, 1.54) is 6.04 Å². The molecule has 1 nitrogen and oxygen atoms in total. The molecule has 0 aliphatic heterocycles. The molecule has 0 atom stereocenters. The second-order valence-electron chi connectivity index (χ2n) is 6.71. The highest BCUT2D eigenvalue weighted by Crippen LogP contribution is 2.27. The molecule has 0 unspecified atom stereocenters. The summed E-state index contributed by atoms with van der Waals surface area (Å²) in [6.07, 6.45) is 0. The van der Waals surface area contributed by atoms with E-state index >= 15 is 0 Å². The molecule has 0 bridgehead atoms. The van der Waals surface area contributed by atoms with E-state index in [0.717, 1.165) is 0 Å². The summed E-state index contributed by atoms with van der Waals surface area (Å²) in [5, 5.41) is 0. The van der Waals surface area contributed by atoms with Crippen LogP contribution in [0, 0.1) is 0 Å². The van der Waals surface area contributed by atoms with E-state index in [1.54, 1.807) is 0 Å². The van der Waals surface area contributed by atoms with Gasteiger partial charge in [-0.25, -0.2) is 0 Å². The molecule has 0 aromatic rings. The zero-order valence-electron chi connectivity index (χ0n) is 10.6. The quantitative estimate of drug-likeness (QED) is 0.649. The molecule has 0 aliphatic carbocycles. The lowest BCUT2D eigenvalue weighted by Crippen LogP contribution is -2.42. The molecule has 0 heterocycles. The predicted octanol–water partition coefficient (Wildman–Crippen LogP) is 3.95. The van der Waals surface area contributed by atoms with Crippen molar-refractivity contribution in [3.05, 3.63) is 0 Å². The van der Waals surface area contributed by atoms with Gasteiger partial charge in [0, 0.05) is 13.7 Å².